The van der Waals surface area contributed by atoms with E-state index in [2.05, 4.69) is 5.32 Å². The van der Waals surface area contributed by atoms with E-state index in [4.69, 9.17) is 9.47 Å². The molecule has 2 N–H and O–H groups in total. The Hall–Kier alpha value is -2.22. The van der Waals surface area contributed by atoms with Crippen molar-refractivity contribution in [1.29, 1.82) is 0 Å². The molecule has 148 valence electrons. The first-order chi connectivity index (χ1) is 12.9. The first-order valence-electron chi connectivity index (χ1n) is 8.66. The lowest BCUT2D eigenvalue weighted by atomic mass is 10.1. The van der Waals surface area contributed by atoms with Gasteiger partial charge in [-0.1, -0.05) is 0 Å². The number of methoxy groups -OCH3 is 1. The third-order valence-corrected chi connectivity index (χ3v) is 3.91. The molecular formula is C20H26F2N2O3. The van der Waals surface area contributed by atoms with Gasteiger partial charge in [-0.05, 0) is 50.5 Å². The standard InChI is InChI=1S/C20H26F2N2O3/c1-24(2)12-17(25)13-27-20-7-5-18(26-3)9-15(20)11-23-10-14-8-16(21)4-6-19(14)22/h4-9,17,23,25H,10-13H2,1-3H3/t17-/m0/s1. The topological polar surface area (TPSA) is 54.0 Å². The predicted octanol–water partition coefficient (Wildman–Crippen LogP) is 2.56. The maximum Gasteiger partial charge on any atom is 0.127 e. The summed E-state index contributed by atoms with van der Waals surface area (Å²) in [5.74, 6) is 0.317. The highest BCUT2D eigenvalue weighted by Crippen LogP contribution is 2.24. The molecule has 2 aromatic carbocycles. The Morgan fingerprint density at radius 2 is 1.81 bits per heavy atom. The molecule has 0 amide bonds. The van der Waals surface area contributed by atoms with Gasteiger partial charge in [0.1, 0.15) is 35.8 Å². The second-order valence-corrected chi connectivity index (χ2v) is 6.54. The number of hydrogen-bond donors (Lipinski definition) is 2. The van der Waals surface area contributed by atoms with Crippen molar-refractivity contribution in [2.24, 2.45) is 0 Å². The van der Waals surface area contributed by atoms with Gasteiger partial charge in [0.05, 0.1) is 7.11 Å². The van der Waals surface area contributed by atoms with Crippen molar-refractivity contribution in [3.63, 3.8) is 0 Å². The lowest BCUT2D eigenvalue weighted by molar-refractivity contribution is 0.0826. The minimum atomic E-state index is -0.621. The van der Waals surface area contributed by atoms with Gasteiger partial charge < -0.3 is 24.8 Å². The summed E-state index contributed by atoms with van der Waals surface area (Å²) >= 11 is 0. The minimum Gasteiger partial charge on any atom is -0.497 e. The van der Waals surface area contributed by atoms with Crippen LogP contribution in [0.4, 0.5) is 8.78 Å². The van der Waals surface area contributed by atoms with Crippen LogP contribution in [-0.4, -0.2) is 50.5 Å². The fourth-order valence-corrected chi connectivity index (χ4v) is 2.63. The largest absolute Gasteiger partial charge is 0.497 e. The predicted molar refractivity (Wildman–Crippen MR) is 100.0 cm³/mol. The molecule has 0 saturated heterocycles. The average molecular weight is 380 g/mol. The number of rotatable bonds is 10. The molecular weight excluding hydrogens is 354 g/mol. The normalized spacial score (nSPS) is 12.3. The molecule has 1 atom stereocenters. The molecule has 0 radical (unpaired) electrons. The maximum absolute atomic E-state index is 13.7. The van der Waals surface area contributed by atoms with E-state index in [0.717, 1.165) is 17.7 Å². The third-order valence-electron chi connectivity index (χ3n) is 3.91. The number of benzene rings is 2. The van der Waals surface area contributed by atoms with Crippen LogP contribution in [0.2, 0.25) is 0 Å². The quantitative estimate of drug-likeness (QED) is 0.664. The summed E-state index contributed by atoms with van der Waals surface area (Å²) in [5, 5.41) is 13.1. The summed E-state index contributed by atoms with van der Waals surface area (Å²) in [6.45, 7) is 1.17. The molecule has 0 aliphatic rings. The van der Waals surface area contributed by atoms with Crippen LogP contribution in [0.1, 0.15) is 11.1 Å². The van der Waals surface area contributed by atoms with Crippen molar-refractivity contribution in [3.8, 4) is 11.5 Å². The van der Waals surface area contributed by atoms with E-state index in [1.807, 2.05) is 25.1 Å². The molecule has 0 unspecified atom stereocenters. The molecule has 0 fully saturated rings. The highest BCUT2D eigenvalue weighted by molar-refractivity contribution is 5.40. The zero-order chi connectivity index (χ0) is 19.8. The Bertz CT molecular complexity index is 741. The lowest BCUT2D eigenvalue weighted by Gasteiger charge is -2.18. The molecule has 2 aromatic rings. The lowest BCUT2D eigenvalue weighted by Crippen LogP contribution is -2.30. The second kappa shape index (κ2) is 10.2. The van der Waals surface area contributed by atoms with Crippen molar-refractivity contribution in [3.05, 3.63) is 59.2 Å². The molecule has 0 spiro atoms. The number of halogens is 2. The van der Waals surface area contributed by atoms with Gasteiger partial charge in [-0.15, -0.1) is 0 Å². The van der Waals surface area contributed by atoms with Gasteiger partial charge in [0.15, 0.2) is 0 Å². The Balaban J connectivity index is 2.01. The highest BCUT2D eigenvalue weighted by atomic mass is 19.1. The van der Waals surface area contributed by atoms with Crippen LogP contribution in [0.25, 0.3) is 0 Å². The third kappa shape index (κ3) is 6.78. The monoisotopic (exact) mass is 380 g/mol. The summed E-state index contributed by atoms with van der Waals surface area (Å²) in [6, 6.07) is 8.71. The highest BCUT2D eigenvalue weighted by Gasteiger charge is 2.11. The second-order valence-electron chi connectivity index (χ2n) is 6.54. The molecule has 0 bridgehead atoms. The Morgan fingerprint density at radius 1 is 1.07 bits per heavy atom. The number of aliphatic hydroxyl groups excluding tert-OH is 1. The first-order valence-corrected chi connectivity index (χ1v) is 8.66. The molecule has 5 nitrogen and oxygen atoms in total. The van der Waals surface area contributed by atoms with Crippen molar-refractivity contribution < 1.29 is 23.4 Å². The van der Waals surface area contributed by atoms with Gasteiger partial charge in [-0.2, -0.15) is 0 Å². The van der Waals surface area contributed by atoms with E-state index in [9.17, 15) is 13.9 Å². The molecule has 0 aliphatic heterocycles. The van der Waals surface area contributed by atoms with E-state index < -0.39 is 17.7 Å². The number of aliphatic hydroxyl groups is 1. The van der Waals surface area contributed by atoms with Crippen LogP contribution in [0.15, 0.2) is 36.4 Å². The van der Waals surface area contributed by atoms with Crippen molar-refractivity contribution in [2.45, 2.75) is 19.2 Å². The summed E-state index contributed by atoms with van der Waals surface area (Å²) in [4.78, 5) is 1.87. The molecule has 0 heterocycles. The van der Waals surface area contributed by atoms with E-state index >= 15 is 0 Å². The van der Waals surface area contributed by atoms with Gasteiger partial charge in [-0.3, -0.25) is 0 Å². The molecule has 7 heteroatoms. The van der Waals surface area contributed by atoms with Crippen LogP contribution in [0.3, 0.4) is 0 Å². The van der Waals surface area contributed by atoms with Gasteiger partial charge in [0.25, 0.3) is 0 Å². The summed E-state index contributed by atoms with van der Waals surface area (Å²) in [5.41, 5.74) is 1.05. The van der Waals surface area contributed by atoms with Crippen molar-refractivity contribution in [1.82, 2.24) is 10.2 Å². The number of hydrogen-bond acceptors (Lipinski definition) is 5. The molecule has 2 rings (SSSR count). The first kappa shape index (κ1) is 21.1. The van der Waals surface area contributed by atoms with E-state index in [0.29, 0.717) is 24.6 Å². The summed E-state index contributed by atoms with van der Waals surface area (Å²) in [7, 11) is 5.31. The zero-order valence-corrected chi connectivity index (χ0v) is 15.8. The van der Waals surface area contributed by atoms with Crippen molar-refractivity contribution >= 4 is 0 Å². The van der Waals surface area contributed by atoms with Gasteiger partial charge in [0.2, 0.25) is 0 Å². The van der Waals surface area contributed by atoms with Crippen LogP contribution >= 0.6 is 0 Å². The number of nitrogens with zero attached hydrogens (tertiary/aromatic N) is 1. The molecule has 0 saturated carbocycles. The Morgan fingerprint density at radius 3 is 2.52 bits per heavy atom. The number of ether oxygens (including phenoxy) is 2. The fourth-order valence-electron chi connectivity index (χ4n) is 2.63. The van der Waals surface area contributed by atoms with Crippen molar-refractivity contribution in [2.75, 3.05) is 34.4 Å². The van der Waals surface area contributed by atoms with Crippen LogP contribution in [0.5, 0.6) is 11.5 Å². The maximum atomic E-state index is 13.7. The van der Waals surface area contributed by atoms with E-state index in [1.165, 1.54) is 6.07 Å². The molecule has 0 aliphatic carbocycles. The van der Waals surface area contributed by atoms with E-state index in [-0.39, 0.29) is 18.7 Å². The smallest absolute Gasteiger partial charge is 0.127 e. The van der Waals surface area contributed by atoms with Crippen LogP contribution in [0, 0.1) is 11.6 Å². The molecule has 0 aromatic heterocycles. The van der Waals surface area contributed by atoms with Crippen LogP contribution < -0.4 is 14.8 Å². The SMILES string of the molecule is COc1ccc(OC[C@@H](O)CN(C)C)c(CNCc2cc(F)ccc2F)c1. The van der Waals surface area contributed by atoms with Gasteiger partial charge in [-0.25, -0.2) is 8.78 Å². The fraction of sp³-hybridized carbons (Fsp3) is 0.400. The van der Waals surface area contributed by atoms with E-state index in [1.54, 1.807) is 19.2 Å². The Kier molecular flexibility index (Phi) is 7.97. The number of likely N-dealkylation sites (N-methyl/N-ethyl adjacent to an activating group) is 1. The minimum absolute atomic E-state index is 0.149. The van der Waals surface area contributed by atoms with Gasteiger partial charge >= 0.3 is 0 Å². The number of nitrogens with one attached hydrogen (secondary N) is 1. The van der Waals surface area contributed by atoms with Crippen LogP contribution in [-0.2, 0) is 13.1 Å². The average Bonchev–Trinajstić information content (AvgIpc) is 2.62. The zero-order valence-electron chi connectivity index (χ0n) is 15.8. The Labute approximate surface area is 158 Å². The summed E-state index contributed by atoms with van der Waals surface area (Å²) < 4.78 is 38.0. The summed E-state index contributed by atoms with van der Waals surface area (Å²) in [6.07, 6.45) is -0.621. The molecule has 27 heavy (non-hydrogen) atoms. The van der Waals surface area contributed by atoms with Gasteiger partial charge in [0, 0.05) is 30.8 Å².